The number of nitrogens with zero attached hydrogens (tertiary/aromatic N) is 2. The zero-order chi connectivity index (χ0) is 12.3. The molecule has 0 saturated heterocycles. The molecule has 0 radical (unpaired) electrons. The van der Waals surface area contributed by atoms with Gasteiger partial charge in [-0.3, -0.25) is 9.48 Å². The fourth-order valence-corrected chi connectivity index (χ4v) is 1.18. The fraction of sp³-hybridized carbons (Fsp3) is 0.333. The van der Waals surface area contributed by atoms with Crippen LogP contribution in [0.4, 0.5) is 0 Å². The lowest BCUT2D eigenvalue weighted by Crippen LogP contribution is -2.19. The molecule has 1 aromatic heterocycles. The molecular formula is C9H10N2O5. The Morgan fingerprint density at radius 2 is 2.12 bits per heavy atom. The number of hydrogen-bond acceptors (Lipinski definition) is 5. The van der Waals surface area contributed by atoms with Crippen LogP contribution in [0.3, 0.4) is 0 Å². The molecule has 0 fully saturated rings. The van der Waals surface area contributed by atoms with Crippen molar-refractivity contribution in [1.29, 1.82) is 0 Å². The summed E-state index contributed by atoms with van der Waals surface area (Å²) in [5, 5.41) is 12.2. The molecule has 1 heterocycles. The largest absolute Gasteiger partial charge is 0.475 e. The summed E-state index contributed by atoms with van der Waals surface area (Å²) in [5.74, 6) is -3.20. The third-order valence-corrected chi connectivity index (χ3v) is 2.03. The number of rotatable bonds is 4. The van der Waals surface area contributed by atoms with Gasteiger partial charge in [0.2, 0.25) is 5.78 Å². The molecule has 0 aliphatic heterocycles. The molecule has 0 aromatic carbocycles. The maximum Gasteiger partial charge on any atom is 0.372 e. The highest BCUT2D eigenvalue weighted by Crippen LogP contribution is 2.10. The molecule has 0 atom stereocenters. The van der Waals surface area contributed by atoms with Gasteiger partial charge in [0.1, 0.15) is 5.56 Å². The number of hydrogen-bond donors (Lipinski definition) is 1. The molecule has 0 aliphatic rings. The Balaban J connectivity index is 3.03. The van der Waals surface area contributed by atoms with E-state index in [-0.39, 0.29) is 11.3 Å². The highest BCUT2D eigenvalue weighted by atomic mass is 16.5. The van der Waals surface area contributed by atoms with Crippen LogP contribution in [-0.4, -0.2) is 39.7 Å². The van der Waals surface area contributed by atoms with E-state index in [2.05, 4.69) is 9.84 Å². The van der Waals surface area contributed by atoms with Crippen molar-refractivity contribution >= 4 is 17.7 Å². The number of carboxylic acids is 1. The van der Waals surface area contributed by atoms with Crippen molar-refractivity contribution in [3.05, 3.63) is 17.5 Å². The topological polar surface area (TPSA) is 98.5 Å². The summed E-state index contributed by atoms with van der Waals surface area (Å²) in [6.07, 6.45) is 0.840. The number of aromatic nitrogens is 2. The number of carbonyl (C=O) groups excluding carboxylic acids is 2. The predicted molar refractivity (Wildman–Crippen MR) is 50.9 cm³/mol. The quantitative estimate of drug-likeness (QED) is 0.543. The van der Waals surface area contributed by atoms with Crippen molar-refractivity contribution in [1.82, 2.24) is 9.78 Å². The van der Waals surface area contributed by atoms with Crippen LogP contribution in [-0.2, 0) is 27.8 Å². The monoisotopic (exact) mass is 226 g/mol. The second-order valence-corrected chi connectivity index (χ2v) is 3.03. The fourth-order valence-electron chi connectivity index (χ4n) is 1.18. The minimum absolute atomic E-state index is 0.0969. The van der Waals surface area contributed by atoms with Gasteiger partial charge in [-0.2, -0.15) is 5.10 Å². The molecule has 1 N–H and O–H groups in total. The number of ketones is 1. The highest BCUT2D eigenvalue weighted by Gasteiger charge is 2.21. The summed E-state index contributed by atoms with van der Waals surface area (Å²) < 4.78 is 5.75. The van der Waals surface area contributed by atoms with E-state index in [0.717, 1.165) is 0 Å². The van der Waals surface area contributed by atoms with Gasteiger partial charge in [0.15, 0.2) is 0 Å². The SMILES string of the molecule is COC(=O)c1cnn(C)c1CC(=O)C(=O)O. The first-order valence-electron chi connectivity index (χ1n) is 4.32. The maximum absolute atomic E-state index is 11.3. The molecule has 1 rings (SSSR count). The highest BCUT2D eigenvalue weighted by molar-refractivity contribution is 6.33. The Morgan fingerprint density at radius 1 is 1.50 bits per heavy atom. The third-order valence-electron chi connectivity index (χ3n) is 2.03. The van der Waals surface area contributed by atoms with Gasteiger partial charge in [0, 0.05) is 7.05 Å². The van der Waals surface area contributed by atoms with Gasteiger partial charge in [0.05, 0.1) is 25.4 Å². The molecule has 0 saturated carbocycles. The van der Waals surface area contributed by atoms with Crippen molar-refractivity contribution in [3.8, 4) is 0 Å². The van der Waals surface area contributed by atoms with Gasteiger partial charge in [-0.15, -0.1) is 0 Å². The van der Waals surface area contributed by atoms with Crippen LogP contribution in [0, 0.1) is 0 Å². The van der Waals surface area contributed by atoms with E-state index in [4.69, 9.17) is 5.11 Å². The van der Waals surface area contributed by atoms with E-state index in [0.29, 0.717) is 0 Å². The van der Waals surface area contributed by atoms with Crippen LogP contribution in [0.5, 0.6) is 0 Å². The molecule has 0 bridgehead atoms. The average Bonchev–Trinajstić information content (AvgIpc) is 2.59. The van der Waals surface area contributed by atoms with Crippen LogP contribution in [0.15, 0.2) is 6.20 Å². The van der Waals surface area contributed by atoms with Crippen molar-refractivity contribution < 1.29 is 24.2 Å². The van der Waals surface area contributed by atoms with E-state index in [1.54, 1.807) is 0 Å². The number of carboxylic acid groups (broad SMARTS) is 1. The minimum Gasteiger partial charge on any atom is -0.475 e. The number of aliphatic carboxylic acids is 1. The molecule has 86 valence electrons. The van der Waals surface area contributed by atoms with Gasteiger partial charge in [0.25, 0.3) is 0 Å². The maximum atomic E-state index is 11.3. The second kappa shape index (κ2) is 4.56. The van der Waals surface area contributed by atoms with E-state index >= 15 is 0 Å². The summed E-state index contributed by atoms with van der Waals surface area (Å²) in [6, 6.07) is 0. The van der Waals surface area contributed by atoms with Crippen LogP contribution in [0.1, 0.15) is 16.1 Å². The zero-order valence-corrected chi connectivity index (χ0v) is 8.76. The van der Waals surface area contributed by atoms with E-state index in [1.165, 1.54) is 25.0 Å². The number of ether oxygens (including phenoxy) is 1. The standard InChI is InChI=1S/C9H10N2O5/c1-11-6(3-7(12)8(13)14)5(4-10-11)9(15)16-2/h4H,3H2,1-2H3,(H,13,14). The Hall–Kier alpha value is -2.18. The number of methoxy groups -OCH3 is 1. The molecule has 0 unspecified atom stereocenters. The summed E-state index contributed by atoms with van der Waals surface area (Å²) in [5.41, 5.74) is 0.318. The Kier molecular flexibility index (Phi) is 3.39. The Bertz CT molecular complexity index is 449. The summed E-state index contributed by atoms with van der Waals surface area (Å²) >= 11 is 0. The second-order valence-electron chi connectivity index (χ2n) is 3.03. The molecule has 0 aliphatic carbocycles. The number of esters is 1. The zero-order valence-electron chi connectivity index (χ0n) is 8.76. The number of carbonyl (C=O) groups is 3. The lowest BCUT2D eigenvalue weighted by molar-refractivity contribution is -0.148. The van der Waals surface area contributed by atoms with Crippen molar-refractivity contribution in [2.75, 3.05) is 7.11 Å². The van der Waals surface area contributed by atoms with Crippen molar-refractivity contribution in [2.45, 2.75) is 6.42 Å². The van der Waals surface area contributed by atoms with Crippen LogP contribution >= 0.6 is 0 Å². The van der Waals surface area contributed by atoms with E-state index in [1.807, 2.05) is 0 Å². The Labute approximate surface area is 90.6 Å². The molecule has 0 amide bonds. The summed E-state index contributed by atoms with van der Waals surface area (Å²) in [7, 11) is 2.70. The third kappa shape index (κ3) is 2.25. The summed E-state index contributed by atoms with van der Waals surface area (Å²) in [4.78, 5) is 32.7. The normalized spacial score (nSPS) is 9.88. The first-order valence-corrected chi connectivity index (χ1v) is 4.32. The molecule has 0 spiro atoms. The molecule has 1 aromatic rings. The van der Waals surface area contributed by atoms with Gasteiger partial charge in [-0.1, -0.05) is 0 Å². The summed E-state index contributed by atoms with van der Waals surface area (Å²) in [6.45, 7) is 0. The van der Waals surface area contributed by atoms with Gasteiger partial charge in [-0.25, -0.2) is 9.59 Å². The first kappa shape index (κ1) is 11.9. The van der Waals surface area contributed by atoms with Gasteiger partial charge in [-0.05, 0) is 0 Å². The number of aryl methyl sites for hydroxylation is 1. The van der Waals surface area contributed by atoms with E-state index < -0.39 is 24.1 Å². The van der Waals surface area contributed by atoms with Gasteiger partial charge < -0.3 is 9.84 Å². The van der Waals surface area contributed by atoms with Crippen LogP contribution in [0.2, 0.25) is 0 Å². The van der Waals surface area contributed by atoms with Crippen molar-refractivity contribution in [3.63, 3.8) is 0 Å². The smallest absolute Gasteiger partial charge is 0.372 e. The van der Waals surface area contributed by atoms with Crippen molar-refractivity contribution in [2.24, 2.45) is 7.05 Å². The Morgan fingerprint density at radius 3 is 2.62 bits per heavy atom. The predicted octanol–water partition coefficient (Wildman–Crippen LogP) is -0.597. The van der Waals surface area contributed by atoms with Gasteiger partial charge >= 0.3 is 11.9 Å². The van der Waals surface area contributed by atoms with Crippen LogP contribution in [0.25, 0.3) is 0 Å². The first-order chi connectivity index (χ1) is 7.47. The molecule has 16 heavy (non-hydrogen) atoms. The molecule has 7 nitrogen and oxygen atoms in total. The minimum atomic E-state index is -1.54. The molecular weight excluding hydrogens is 216 g/mol. The lowest BCUT2D eigenvalue weighted by atomic mass is 10.1. The average molecular weight is 226 g/mol. The van der Waals surface area contributed by atoms with E-state index in [9.17, 15) is 14.4 Å². The number of Topliss-reactive ketones (excluding diaryl/α,β-unsaturated/α-hetero) is 1. The lowest BCUT2D eigenvalue weighted by Gasteiger charge is -2.02. The van der Waals surface area contributed by atoms with Crippen LogP contribution < -0.4 is 0 Å². The molecule has 7 heteroatoms.